The van der Waals surface area contributed by atoms with Crippen LogP contribution in [0.3, 0.4) is 0 Å². The van der Waals surface area contributed by atoms with Crippen molar-refractivity contribution in [2.24, 2.45) is 34.4 Å². The van der Waals surface area contributed by atoms with Gasteiger partial charge in [-0.1, -0.05) is 6.92 Å². The van der Waals surface area contributed by atoms with E-state index in [1.807, 2.05) is 0 Å². The van der Waals surface area contributed by atoms with Gasteiger partial charge in [0.25, 0.3) is 0 Å². The Balaban J connectivity index is 4.53. The smallest absolute Gasteiger partial charge is 0.134 e. The van der Waals surface area contributed by atoms with Crippen molar-refractivity contribution >= 4 is 0 Å². The third kappa shape index (κ3) is 1.86. The van der Waals surface area contributed by atoms with Gasteiger partial charge in [-0.2, -0.15) is 0 Å². The van der Waals surface area contributed by atoms with Crippen molar-refractivity contribution < 1.29 is 0 Å². The predicted molar refractivity (Wildman–Crippen MR) is 44.1 cm³/mol. The van der Waals surface area contributed by atoms with Crippen molar-refractivity contribution in [3.8, 4) is 0 Å². The molecule has 0 aliphatic rings. The first kappa shape index (κ1) is 10.8. The third-order valence-electron chi connectivity index (χ3n) is 1.83. The normalized spacial score (nSPS) is 14.2. The van der Waals surface area contributed by atoms with Crippen LogP contribution in [0.25, 0.3) is 0 Å². The van der Waals surface area contributed by atoms with Gasteiger partial charge in [0.05, 0.1) is 5.66 Å². The Morgan fingerprint density at radius 2 is 1.45 bits per heavy atom. The van der Waals surface area contributed by atoms with Gasteiger partial charge in [0, 0.05) is 0 Å². The molecule has 0 saturated carbocycles. The molecule has 0 atom stereocenters. The first-order valence-corrected chi connectivity index (χ1v) is 3.29. The summed E-state index contributed by atoms with van der Waals surface area (Å²) in [6.07, 6.45) is 0.224. The Bertz CT molecular complexity index is 129. The maximum atomic E-state index is 5.54. The summed E-state index contributed by atoms with van der Waals surface area (Å²) < 4.78 is 0. The summed E-state index contributed by atoms with van der Waals surface area (Å²) in [6.45, 7) is 1.75. The molecule has 0 aromatic carbocycles. The molecule has 0 amide bonds. The van der Waals surface area contributed by atoms with E-state index >= 15 is 0 Å². The molecule has 0 aliphatic carbocycles. The quantitative estimate of drug-likeness (QED) is 0.243. The predicted octanol–water partition coefficient (Wildman–Crippen LogP) is -2.97. The van der Waals surface area contributed by atoms with E-state index in [1.165, 1.54) is 0 Å². The number of nitrogens with two attached hydrogens (primary N) is 6. The van der Waals surface area contributed by atoms with Gasteiger partial charge >= 0.3 is 0 Å². The lowest BCUT2D eigenvalue weighted by Gasteiger charge is -2.41. The van der Waals surface area contributed by atoms with Gasteiger partial charge in [-0.05, 0) is 6.42 Å². The molecule has 0 aromatic rings. The van der Waals surface area contributed by atoms with Crippen LogP contribution in [-0.4, -0.2) is 11.3 Å². The van der Waals surface area contributed by atoms with E-state index in [1.54, 1.807) is 6.92 Å². The van der Waals surface area contributed by atoms with E-state index in [2.05, 4.69) is 0 Å². The molecule has 0 heterocycles. The minimum absolute atomic E-state index is 0.163. The van der Waals surface area contributed by atoms with Gasteiger partial charge in [-0.3, -0.25) is 0 Å². The van der Waals surface area contributed by atoms with Crippen molar-refractivity contribution in [3.63, 3.8) is 0 Å². The molecule has 11 heavy (non-hydrogen) atoms. The van der Waals surface area contributed by atoms with Crippen LogP contribution in [0.2, 0.25) is 0 Å². The summed E-state index contributed by atoms with van der Waals surface area (Å²) in [5, 5.41) is 0. The molecule has 12 N–H and O–H groups in total. The van der Waals surface area contributed by atoms with E-state index in [4.69, 9.17) is 34.4 Å². The Labute approximate surface area is 66.2 Å². The van der Waals surface area contributed by atoms with Crippen LogP contribution in [0.4, 0.5) is 0 Å². The van der Waals surface area contributed by atoms with Gasteiger partial charge in [-0.25, -0.2) is 0 Å². The number of hydrogen-bond donors (Lipinski definition) is 6. The maximum Gasteiger partial charge on any atom is 0.134 e. The lowest BCUT2D eigenvalue weighted by molar-refractivity contribution is 0.230. The van der Waals surface area contributed by atoms with Crippen LogP contribution in [0.1, 0.15) is 13.3 Å². The van der Waals surface area contributed by atoms with Crippen molar-refractivity contribution in [2.75, 3.05) is 0 Å². The zero-order valence-corrected chi connectivity index (χ0v) is 6.67. The average molecular weight is 161 g/mol. The molecule has 0 unspecified atom stereocenters. The molecule has 0 aromatic heterocycles. The fourth-order valence-electron chi connectivity index (χ4n) is 0.561. The fourth-order valence-corrected chi connectivity index (χ4v) is 0.561. The van der Waals surface area contributed by atoms with E-state index in [9.17, 15) is 0 Å². The lowest BCUT2D eigenvalue weighted by Crippen LogP contribution is -2.80. The lowest BCUT2D eigenvalue weighted by atomic mass is 9.91. The Morgan fingerprint density at radius 1 is 1.09 bits per heavy atom. The minimum Gasteiger partial charge on any atom is -0.311 e. The Hall–Kier alpha value is -0.240. The fraction of sp³-hybridized carbons (Fsp3) is 0.800. The summed E-state index contributed by atoms with van der Waals surface area (Å²) in [5.41, 5.74) is 29.7. The first-order valence-electron chi connectivity index (χ1n) is 3.29. The molecule has 0 aliphatic heterocycles. The van der Waals surface area contributed by atoms with E-state index in [0.717, 1.165) is 0 Å². The Morgan fingerprint density at radius 3 is 1.55 bits per heavy atom. The highest BCUT2D eigenvalue weighted by Gasteiger charge is 2.42. The van der Waals surface area contributed by atoms with Crippen molar-refractivity contribution in [3.05, 3.63) is 6.17 Å². The van der Waals surface area contributed by atoms with E-state index in [0.29, 0.717) is 6.42 Å². The standard InChI is InChI=1S/C5H17N6/c1-2-4(8,9)5(10,11)3(6)7/h2,6-11H2,1H3. The molecular formula is C5H17N6. The van der Waals surface area contributed by atoms with Gasteiger partial charge in [0.1, 0.15) is 11.8 Å². The summed E-state index contributed by atoms with van der Waals surface area (Å²) in [6, 6.07) is 0. The zero-order chi connectivity index (χ0) is 9.28. The SMILES string of the molecule is CCC(N)(N)C(N)(N)[C](N)N. The summed E-state index contributed by atoms with van der Waals surface area (Å²) in [7, 11) is 0. The van der Waals surface area contributed by atoms with Crippen LogP contribution in [0, 0.1) is 6.17 Å². The largest absolute Gasteiger partial charge is 0.311 e. The van der Waals surface area contributed by atoms with Crippen molar-refractivity contribution in [1.82, 2.24) is 0 Å². The highest BCUT2D eigenvalue weighted by molar-refractivity contribution is 5.11. The molecule has 0 spiro atoms. The average Bonchev–Trinajstić information content (AvgIpc) is 1.87. The molecular weight excluding hydrogens is 144 g/mol. The number of rotatable bonds is 3. The first-order chi connectivity index (χ1) is 4.75. The van der Waals surface area contributed by atoms with Crippen molar-refractivity contribution in [1.29, 1.82) is 0 Å². The van der Waals surface area contributed by atoms with E-state index in [-0.39, 0.29) is 6.17 Å². The van der Waals surface area contributed by atoms with E-state index < -0.39 is 11.3 Å². The molecule has 6 heteroatoms. The summed E-state index contributed by atoms with van der Waals surface area (Å²) >= 11 is 0. The zero-order valence-electron chi connectivity index (χ0n) is 6.67. The second kappa shape index (κ2) is 3.02. The van der Waals surface area contributed by atoms with Gasteiger partial charge < -0.3 is 34.4 Å². The highest BCUT2D eigenvalue weighted by Crippen LogP contribution is 2.13. The summed E-state index contributed by atoms with van der Waals surface area (Å²) in [4.78, 5) is 0. The summed E-state index contributed by atoms with van der Waals surface area (Å²) in [5.74, 6) is 0. The molecule has 0 bridgehead atoms. The second-order valence-corrected chi connectivity index (χ2v) is 2.72. The van der Waals surface area contributed by atoms with Crippen LogP contribution in [0.5, 0.6) is 0 Å². The van der Waals surface area contributed by atoms with Crippen LogP contribution < -0.4 is 34.4 Å². The second-order valence-electron chi connectivity index (χ2n) is 2.72. The monoisotopic (exact) mass is 161 g/mol. The number of hydrogen-bond acceptors (Lipinski definition) is 6. The molecule has 0 fully saturated rings. The maximum absolute atomic E-state index is 5.54. The molecule has 67 valence electrons. The van der Waals surface area contributed by atoms with Gasteiger partial charge in [0.15, 0.2) is 0 Å². The topological polar surface area (TPSA) is 156 Å². The van der Waals surface area contributed by atoms with Gasteiger partial charge in [0.2, 0.25) is 0 Å². The van der Waals surface area contributed by atoms with Crippen LogP contribution in [0.15, 0.2) is 0 Å². The van der Waals surface area contributed by atoms with Crippen LogP contribution in [-0.2, 0) is 0 Å². The molecule has 1 radical (unpaired) electrons. The van der Waals surface area contributed by atoms with Gasteiger partial charge in [-0.15, -0.1) is 0 Å². The molecule has 6 nitrogen and oxygen atoms in total. The Kier molecular flexibility index (Phi) is 2.95. The minimum atomic E-state index is -1.53. The molecule has 0 rings (SSSR count). The third-order valence-corrected chi connectivity index (χ3v) is 1.83. The van der Waals surface area contributed by atoms with Crippen LogP contribution >= 0.6 is 0 Å². The molecule has 0 saturated heterocycles. The van der Waals surface area contributed by atoms with Crippen molar-refractivity contribution in [2.45, 2.75) is 24.7 Å². The highest BCUT2D eigenvalue weighted by atomic mass is 15.2.